The molecule has 1 aliphatic carbocycles. The van der Waals surface area contributed by atoms with Gasteiger partial charge in [0.05, 0.1) is 0 Å². The first-order valence-electron chi connectivity index (χ1n) is 8.35. The molecular weight excluding hydrogens is 244 g/mol. The Morgan fingerprint density at radius 1 is 0.950 bits per heavy atom. The molecule has 0 atom stereocenters. The minimum absolute atomic E-state index is 0.749. The van der Waals surface area contributed by atoms with Crippen LogP contribution in [0, 0.1) is 0 Å². The molecule has 20 heavy (non-hydrogen) atoms. The van der Waals surface area contributed by atoms with E-state index in [2.05, 4.69) is 48.3 Å². The summed E-state index contributed by atoms with van der Waals surface area (Å²) >= 11 is 0. The van der Waals surface area contributed by atoms with Gasteiger partial charge < -0.3 is 5.32 Å². The molecule has 0 saturated heterocycles. The molecule has 1 fully saturated rings. The van der Waals surface area contributed by atoms with E-state index in [4.69, 9.17) is 0 Å². The molecule has 0 heterocycles. The average molecular weight is 274 g/mol. The number of nitrogens with zero attached hydrogens (tertiary/aromatic N) is 1. The van der Waals surface area contributed by atoms with Crippen LogP contribution in [0.25, 0.3) is 0 Å². The molecule has 1 saturated carbocycles. The molecule has 1 N–H and O–H groups in total. The Morgan fingerprint density at radius 2 is 1.55 bits per heavy atom. The van der Waals surface area contributed by atoms with Crippen molar-refractivity contribution < 1.29 is 0 Å². The van der Waals surface area contributed by atoms with Gasteiger partial charge in [-0.2, -0.15) is 0 Å². The van der Waals surface area contributed by atoms with Crippen molar-refractivity contribution >= 4 is 0 Å². The van der Waals surface area contributed by atoms with Gasteiger partial charge in [-0.05, 0) is 37.1 Å². The van der Waals surface area contributed by atoms with Gasteiger partial charge in [-0.3, -0.25) is 4.90 Å². The van der Waals surface area contributed by atoms with Crippen LogP contribution in [-0.4, -0.2) is 24.0 Å². The maximum Gasteiger partial charge on any atom is 0.0233 e. The summed E-state index contributed by atoms with van der Waals surface area (Å²) in [6.07, 6.45) is 6.96. The number of rotatable bonds is 7. The highest BCUT2D eigenvalue weighted by Gasteiger charge is 2.12. The molecule has 2 nitrogen and oxygen atoms in total. The van der Waals surface area contributed by atoms with Crippen molar-refractivity contribution in [2.75, 3.05) is 13.1 Å². The van der Waals surface area contributed by atoms with Crippen molar-refractivity contribution in [1.82, 2.24) is 10.2 Å². The highest BCUT2D eigenvalue weighted by atomic mass is 15.1. The highest BCUT2D eigenvalue weighted by Crippen LogP contribution is 2.18. The van der Waals surface area contributed by atoms with Gasteiger partial charge in [0.2, 0.25) is 0 Å². The topological polar surface area (TPSA) is 15.3 Å². The standard InChI is InChI=1S/C18H30N2/c1-3-20(4-2)15-17-12-10-16(11-13-17)14-19-18-8-6-5-7-9-18/h10-13,18-19H,3-9,14-15H2,1-2H3. The van der Waals surface area contributed by atoms with Crippen LogP contribution in [0.3, 0.4) is 0 Å². The average Bonchev–Trinajstić information content (AvgIpc) is 2.53. The van der Waals surface area contributed by atoms with Crippen molar-refractivity contribution in [1.29, 1.82) is 0 Å². The molecule has 1 aliphatic rings. The molecule has 2 rings (SSSR count). The Morgan fingerprint density at radius 3 is 2.15 bits per heavy atom. The number of hydrogen-bond donors (Lipinski definition) is 1. The van der Waals surface area contributed by atoms with E-state index in [1.54, 1.807) is 0 Å². The van der Waals surface area contributed by atoms with Gasteiger partial charge in [0, 0.05) is 19.1 Å². The lowest BCUT2D eigenvalue weighted by molar-refractivity contribution is 0.296. The highest BCUT2D eigenvalue weighted by molar-refractivity contribution is 5.22. The van der Waals surface area contributed by atoms with Crippen molar-refractivity contribution in [2.24, 2.45) is 0 Å². The summed E-state index contributed by atoms with van der Waals surface area (Å²) in [5.74, 6) is 0. The molecular formula is C18H30N2. The zero-order valence-corrected chi connectivity index (χ0v) is 13.2. The molecule has 0 unspecified atom stereocenters. The van der Waals surface area contributed by atoms with Gasteiger partial charge in [0.15, 0.2) is 0 Å². The number of hydrogen-bond acceptors (Lipinski definition) is 2. The van der Waals surface area contributed by atoms with Gasteiger partial charge in [-0.25, -0.2) is 0 Å². The van der Waals surface area contributed by atoms with Crippen LogP contribution in [0.5, 0.6) is 0 Å². The Hall–Kier alpha value is -0.860. The van der Waals surface area contributed by atoms with Crippen molar-refractivity contribution in [3.05, 3.63) is 35.4 Å². The van der Waals surface area contributed by atoms with E-state index in [1.807, 2.05) is 0 Å². The molecule has 0 radical (unpaired) electrons. The molecule has 0 bridgehead atoms. The molecule has 112 valence electrons. The first-order chi connectivity index (χ1) is 9.81. The second kappa shape index (κ2) is 8.43. The summed E-state index contributed by atoms with van der Waals surface area (Å²) in [5, 5.41) is 3.71. The third-order valence-corrected chi connectivity index (χ3v) is 4.52. The summed E-state index contributed by atoms with van der Waals surface area (Å²) < 4.78 is 0. The van der Waals surface area contributed by atoms with E-state index in [0.29, 0.717) is 0 Å². The van der Waals surface area contributed by atoms with Gasteiger partial charge in [0.1, 0.15) is 0 Å². The summed E-state index contributed by atoms with van der Waals surface area (Å²) in [4.78, 5) is 2.45. The minimum Gasteiger partial charge on any atom is -0.310 e. The molecule has 0 aromatic heterocycles. The van der Waals surface area contributed by atoms with Crippen molar-refractivity contribution in [2.45, 2.75) is 65.1 Å². The Labute approximate surface area is 124 Å². The van der Waals surface area contributed by atoms with Crippen LogP contribution in [0.15, 0.2) is 24.3 Å². The predicted molar refractivity (Wildman–Crippen MR) is 86.8 cm³/mol. The van der Waals surface area contributed by atoms with Gasteiger partial charge in [-0.1, -0.05) is 57.4 Å². The summed E-state index contributed by atoms with van der Waals surface area (Å²) in [5.41, 5.74) is 2.84. The zero-order valence-electron chi connectivity index (χ0n) is 13.2. The smallest absolute Gasteiger partial charge is 0.0233 e. The third kappa shape index (κ3) is 4.92. The maximum absolute atomic E-state index is 3.71. The fraction of sp³-hybridized carbons (Fsp3) is 0.667. The monoisotopic (exact) mass is 274 g/mol. The number of benzene rings is 1. The van der Waals surface area contributed by atoms with Crippen LogP contribution in [0.2, 0.25) is 0 Å². The van der Waals surface area contributed by atoms with E-state index in [1.165, 1.54) is 43.2 Å². The van der Waals surface area contributed by atoms with Crippen LogP contribution in [0.4, 0.5) is 0 Å². The first-order valence-corrected chi connectivity index (χ1v) is 8.35. The minimum atomic E-state index is 0.749. The van der Waals surface area contributed by atoms with Gasteiger partial charge in [0.25, 0.3) is 0 Å². The lowest BCUT2D eigenvalue weighted by atomic mass is 9.95. The van der Waals surface area contributed by atoms with E-state index in [9.17, 15) is 0 Å². The lowest BCUT2D eigenvalue weighted by Gasteiger charge is -2.23. The van der Waals surface area contributed by atoms with Crippen LogP contribution in [0.1, 0.15) is 57.1 Å². The van der Waals surface area contributed by atoms with Gasteiger partial charge in [-0.15, -0.1) is 0 Å². The normalized spacial score (nSPS) is 16.8. The van der Waals surface area contributed by atoms with Crippen LogP contribution >= 0.6 is 0 Å². The van der Waals surface area contributed by atoms with E-state index in [-0.39, 0.29) is 0 Å². The largest absolute Gasteiger partial charge is 0.310 e. The Kier molecular flexibility index (Phi) is 6.55. The van der Waals surface area contributed by atoms with Crippen LogP contribution < -0.4 is 5.32 Å². The van der Waals surface area contributed by atoms with E-state index < -0.39 is 0 Å². The molecule has 1 aromatic rings. The first kappa shape index (κ1) is 15.5. The molecule has 0 aliphatic heterocycles. The van der Waals surface area contributed by atoms with Crippen molar-refractivity contribution in [3.63, 3.8) is 0 Å². The van der Waals surface area contributed by atoms with Crippen LogP contribution in [-0.2, 0) is 13.1 Å². The Balaban J connectivity index is 1.78. The zero-order chi connectivity index (χ0) is 14.2. The summed E-state index contributed by atoms with van der Waals surface area (Å²) in [6.45, 7) is 8.81. The van der Waals surface area contributed by atoms with E-state index in [0.717, 1.165) is 32.2 Å². The predicted octanol–water partition coefficient (Wildman–Crippen LogP) is 3.95. The van der Waals surface area contributed by atoms with Crippen molar-refractivity contribution in [3.8, 4) is 0 Å². The lowest BCUT2D eigenvalue weighted by Crippen LogP contribution is -2.30. The molecule has 0 spiro atoms. The summed E-state index contributed by atoms with van der Waals surface area (Å²) in [7, 11) is 0. The fourth-order valence-corrected chi connectivity index (χ4v) is 3.04. The second-order valence-electron chi connectivity index (χ2n) is 5.99. The molecule has 1 aromatic carbocycles. The quantitative estimate of drug-likeness (QED) is 0.810. The van der Waals surface area contributed by atoms with E-state index >= 15 is 0 Å². The fourth-order valence-electron chi connectivity index (χ4n) is 3.04. The molecule has 2 heteroatoms. The maximum atomic E-state index is 3.71. The van der Waals surface area contributed by atoms with Gasteiger partial charge >= 0.3 is 0 Å². The summed E-state index contributed by atoms with van der Waals surface area (Å²) in [6, 6.07) is 9.90. The Bertz CT molecular complexity index is 362. The molecule has 0 amide bonds. The third-order valence-electron chi connectivity index (χ3n) is 4.52. The number of nitrogens with one attached hydrogen (secondary N) is 1. The second-order valence-corrected chi connectivity index (χ2v) is 5.99. The SMILES string of the molecule is CCN(CC)Cc1ccc(CNC2CCCCC2)cc1.